The molecule has 0 aliphatic carbocycles. The molecule has 0 saturated carbocycles. The van der Waals surface area contributed by atoms with E-state index in [0.29, 0.717) is 21.4 Å². The van der Waals surface area contributed by atoms with Crippen molar-refractivity contribution in [3.63, 3.8) is 0 Å². The van der Waals surface area contributed by atoms with E-state index in [4.69, 9.17) is 23.8 Å². The lowest BCUT2D eigenvalue weighted by Gasteiger charge is -2.18. The van der Waals surface area contributed by atoms with Gasteiger partial charge in [0.2, 0.25) is 0 Å². The van der Waals surface area contributed by atoms with E-state index in [0.717, 1.165) is 12.3 Å². The number of benzene rings is 1. The lowest BCUT2D eigenvalue weighted by molar-refractivity contribution is 0.0601. The first-order valence-electron chi connectivity index (χ1n) is 6.79. The number of hydrogen-bond acceptors (Lipinski definition) is 4. The van der Waals surface area contributed by atoms with E-state index in [1.807, 2.05) is 11.8 Å². The average molecular weight is 361 g/mol. The zero-order chi connectivity index (χ0) is 16.8. The first-order chi connectivity index (χ1) is 10.2. The monoisotopic (exact) mass is 360 g/mol. The largest absolute Gasteiger partial charge is 0.465 e. The minimum Gasteiger partial charge on any atom is -0.465 e. The molecule has 0 aliphatic rings. The molecule has 22 heavy (non-hydrogen) atoms. The Morgan fingerprint density at radius 3 is 2.68 bits per heavy atom. The van der Waals surface area contributed by atoms with Gasteiger partial charge < -0.3 is 15.4 Å². The van der Waals surface area contributed by atoms with Crippen molar-refractivity contribution in [2.45, 2.75) is 25.5 Å². The summed E-state index contributed by atoms with van der Waals surface area (Å²) in [4.78, 5) is 11.5. The fourth-order valence-corrected chi connectivity index (χ4v) is 2.75. The summed E-state index contributed by atoms with van der Waals surface area (Å²) in [7, 11) is 1.34. The van der Waals surface area contributed by atoms with Gasteiger partial charge in [-0.15, -0.1) is 0 Å². The molecule has 0 unspecified atom stereocenters. The van der Waals surface area contributed by atoms with Crippen LogP contribution in [0.15, 0.2) is 18.2 Å². The predicted octanol–water partition coefficient (Wildman–Crippen LogP) is 3.94. The zero-order valence-corrected chi connectivity index (χ0v) is 15.5. The molecule has 0 saturated heterocycles. The van der Waals surface area contributed by atoms with Crippen molar-refractivity contribution in [2.24, 2.45) is 0 Å². The van der Waals surface area contributed by atoms with Gasteiger partial charge in [0.25, 0.3) is 0 Å². The van der Waals surface area contributed by atoms with Crippen LogP contribution in [-0.2, 0) is 4.74 Å². The van der Waals surface area contributed by atoms with E-state index < -0.39 is 5.97 Å². The number of ether oxygens (including phenoxy) is 1. The summed E-state index contributed by atoms with van der Waals surface area (Å²) in [5, 5.41) is 7.07. The minimum absolute atomic E-state index is 0.231. The second kappa shape index (κ2) is 8.60. The Labute approximate surface area is 146 Å². The Hall–Kier alpha value is -0.980. The van der Waals surface area contributed by atoms with Crippen LogP contribution in [0.3, 0.4) is 0 Å². The maximum atomic E-state index is 11.5. The van der Waals surface area contributed by atoms with Crippen molar-refractivity contribution in [3.05, 3.63) is 28.8 Å². The Bertz CT molecular complexity index is 545. The van der Waals surface area contributed by atoms with Crippen LogP contribution in [0.2, 0.25) is 5.02 Å². The van der Waals surface area contributed by atoms with Gasteiger partial charge in [-0.2, -0.15) is 11.8 Å². The molecule has 1 aromatic carbocycles. The van der Waals surface area contributed by atoms with Gasteiger partial charge in [0, 0.05) is 17.0 Å². The molecular formula is C15H21ClN2O2S2. The average Bonchev–Trinajstić information content (AvgIpc) is 2.44. The SMILES string of the molecule is COC(=O)c1ccc(Cl)c(NC(=S)NCCSC(C)(C)C)c1. The predicted molar refractivity (Wildman–Crippen MR) is 99.2 cm³/mol. The standard InChI is InChI=1S/C15H21ClN2O2S2/c1-15(2,3)22-8-7-17-14(21)18-12-9-10(13(19)20-4)5-6-11(12)16/h5-6,9H,7-8H2,1-4H3,(H2,17,18,21). The topological polar surface area (TPSA) is 50.4 Å². The quantitative estimate of drug-likeness (QED) is 0.471. The number of anilines is 1. The summed E-state index contributed by atoms with van der Waals surface area (Å²) in [6.07, 6.45) is 0. The molecule has 1 rings (SSSR count). The van der Waals surface area contributed by atoms with E-state index in [9.17, 15) is 4.79 Å². The van der Waals surface area contributed by atoms with Crippen LogP contribution in [0.5, 0.6) is 0 Å². The van der Waals surface area contributed by atoms with Crippen LogP contribution in [-0.4, -0.2) is 35.2 Å². The van der Waals surface area contributed by atoms with Gasteiger partial charge >= 0.3 is 5.97 Å². The Morgan fingerprint density at radius 1 is 1.41 bits per heavy atom. The number of methoxy groups -OCH3 is 1. The fraction of sp³-hybridized carbons (Fsp3) is 0.467. The molecule has 0 bridgehead atoms. The third-order valence-electron chi connectivity index (χ3n) is 2.56. The minimum atomic E-state index is -0.417. The number of rotatable bonds is 5. The van der Waals surface area contributed by atoms with Crippen LogP contribution in [0, 0.1) is 0 Å². The van der Waals surface area contributed by atoms with E-state index >= 15 is 0 Å². The molecule has 2 N–H and O–H groups in total. The maximum Gasteiger partial charge on any atom is 0.337 e. The molecule has 0 aromatic heterocycles. The first kappa shape index (κ1) is 19.1. The number of thiocarbonyl (C=S) groups is 1. The molecule has 0 radical (unpaired) electrons. The van der Waals surface area contributed by atoms with Crippen LogP contribution >= 0.6 is 35.6 Å². The molecule has 0 fully saturated rings. The highest BCUT2D eigenvalue weighted by molar-refractivity contribution is 8.00. The molecule has 0 atom stereocenters. The van der Waals surface area contributed by atoms with E-state index in [1.54, 1.807) is 18.2 Å². The molecular weight excluding hydrogens is 340 g/mol. The van der Waals surface area contributed by atoms with E-state index in [2.05, 4.69) is 36.1 Å². The van der Waals surface area contributed by atoms with Gasteiger partial charge in [-0.1, -0.05) is 32.4 Å². The van der Waals surface area contributed by atoms with Crippen molar-refractivity contribution in [2.75, 3.05) is 24.7 Å². The smallest absolute Gasteiger partial charge is 0.337 e. The number of hydrogen-bond donors (Lipinski definition) is 2. The second-order valence-electron chi connectivity index (χ2n) is 5.53. The first-order valence-corrected chi connectivity index (χ1v) is 8.57. The molecule has 7 heteroatoms. The molecule has 0 aliphatic heterocycles. The summed E-state index contributed by atoms with van der Waals surface area (Å²) >= 11 is 13.2. The van der Waals surface area contributed by atoms with Crippen LogP contribution in [0.1, 0.15) is 31.1 Å². The van der Waals surface area contributed by atoms with Gasteiger partial charge in [0.15, 0.2) is 5.11 Å². The maximum absolute atomic E-state index is 11.5. The Balaban J connectivity index is 2.55. The van der Waals surface area contributed by atoms with E-state index in [-0.39, 0.29) is 4.75 Å². The summed E-state index contributed by atoms with van der Waals surface area (Å²) in [5.41, 5.74) is 0.992. The van der Waals surface area contributed by atoms with Crippen LogP contribution < -0.4 is 10.6 Å². The Kier molecular flexibility index (Phi) is 7.45. The molecule has 1 aromatic rings. The molecule has 0 spiro atoms. The summed E-state index contributed by atoms with van der Waals surface area (Å²) in [5.74, 6) is 0.529. The summed E-state index contributed by atoms with van der Waals surface area (Å²) < 4.78 is 4.92. The highest BCUT2D eigenvalue weighted by Crippen LogP contribution is 2.24. The lowest BCUT2D eigenvalue weighted by atomic mass is 10.2. The van der Waals surface area contributed by atoms with Crippen LogP contribution in [0.4, 0.5) is 5.69 Å². The van der Waals surface area contributed by atoms with Crippen molar-refractivity contribution in [3.8, 4) is 0 Å². The van der Waals surface area contributed by atoms with Gasteiger partial charge in [0.05, 0.1) is 23.4 Å². The zero-order valence-electron chi connectivity index (χ0n) is 13.2. The molecule has 0 amide bonds. The summed E-state index contributed by atoms with van der Waals surface area (Å²) in [6.45, 7) is 7.27. The van der Waals surface area contributed by atoms with Gasteiger partial charge in [0.1, 0.15) is 0 Å². The molecule has 122 valence electrons. The lowest BCUT2D eigenvalue weighted by Crippen LogP contribution is -2.31. The highest BCUT2D eigenvalue weighted by atomic mass is 35.5. The van der Waals surface area contributed by atoms with E-state index in [1.165, 1.54) is 7.11 Å². The van der Waals surface area contributed by atoms with Crippen molar-refractivity contribution >= 4 is 52.3 Å². The third-order valence-corrected chi connectivity index (χ3v) is 4.41. The number of nitrogens with one attached hydrogen (secondary N) is 2. The highest BCUT2D eigenvalue weighted by Gasteiger charge is 2.11. The number of carbonyl (C=O) groups excluding carboxylic acids is 1. The third kappa shape index (κ3) is 6.85. The number of esters is 1. The van der Waals surface area contributed by atoms with Gasteiger partial charge in [-0.3, -0.25) is 0 Å². The fourth-order valence-electron chi connectivity index (χ4n) is 1.55. The Morgan fingerprint density at radius 2 is 2.09 bits per heavy atom. The molecule has 0 heterocycles. The van der Waals surface area contributed by atoms with Crippen LogP contribution in [0.25, 0.3) is 0 Å². The van der Waals surface area contributed by atoms with Gasteiger partial charge in [-0.25, -0.2) is 4.79 Å². The van der Waals surface area contributed by atoms with Crippen molar-refractivity contribution in [1.29, 1.82) is 0 Å². The summed E-state index contributed by atoms with van der Waals surface area (Å²) in [6, 6.07) is 4.86. The van der Waals surface area contributed by atoms with Crippen molar-refractivity contribution in [1.82, 2.24) is 5.32 Å². The number of carbonyl (C=O) groups is 1. The normalized spacial score (nSPS) is 11.0. The number of thioether (sulfide) groups is 1. The van der Waals surface area contributed by atoms with Gasteiger partial charge in [-0.05, 0) is 30.4 Å². The molecule has 4 nitrogen and oxygen atoms in total. The number of halogens is 1. The second-order valence-corrected chi connectivity index (χ2v) is 8.27. The van der Waals surface area contributed by atoms with Crippen molar-refractivity contribution < 1.29 is 9.53 Å².